The average molecular weight is 347 g/mol. The van der Waals surface area contributed by atoms with Gasteiger partial charge in [0.25, 0.3) is 5.91 Å². The zero-order chi connectivity index (χ0) is 15.2. The largest absolute Gasteiger partial charge is 0.387 e. The Hall–Kier alpha value is -1.81. The number of benzene rings is 2. The van der Waals surface area contributed by atoms with Crippen LogP contribution in [-0.2, 0) is 6.42 Å². The summed E-state index contributed by atoms with van der Waals surface area (Å²) < 4.78 is 1.06. The monoisotopic (exact) mass is 346 g/mol. The quantitative estimate of drug-likeness (QED) is 0.863. The van der Waals surface area contributed by atoms with Gasteiger partial charge >= 0.3 is 0 Å². The smallest absolute Gasteiger partial charge is 0.253 e. The van der Waals surface area contributed by atoms with Crippen molar-refractivity contribution in [2.75, 3.05) is 12.4 Å². The fourth-order valence-electron chi connectivity index (χ4n) is 2.23. The highest BCUT2D eigenvalue weighted by Crippen LogP contribution is 2.15. The Morgan fingerprint density at radius 1 is 1.14 bits per heavy atom. The molecule has 2 aromatic rings. The van der Waals surface area contributed by atoms with E-state index in [4.69, 9.17) is 0 Å². The van der Waals surface area contributed by atoms with Crippen LogP contribution in [0.1, 0.15) is 22.8 Å². The first-order valence-corrected chi connectivity index (χ1v) is 7.71. The molecule has 0 saturated carbocycles. The van der Waals surface area contributed by atoms with Gasteiger partial charge in [0, 0.05) is 23.2 Å². The second-order valence-corrected chi connectivity index (χ2v) is 5.92. The third-order valence-electron chi connectivity index (χ3n) is 3.27. The molecule has 110 valence electrons. The molecule has 3 nitrogen and oxygen atoms in total. The van der Waals surface area contributed by atoms with Crippen LogP contribution in [0.3, 0.4) is 0 Å². The van der Waals surface area contributed by atoms with E-state index in [0.29, 0.717) is 5.56 Å². The summed E-state index contributed by atoms with van der Waals surface area (Å²) in [7, 11) is 1.82. The molecule has 2 aromatic carbocycles. The summed E-state index contributed by atoms with van der Waals surface area (Å²) in [4.78, 5) is 12.3. The fraction of sp³-hybridized carbons (Fsp3) is 0.235. The van der Waals surface area contributed by atoms with Gasteiger partial charge in [-0.15, -0.1) is 0 Å². The molecule has 21 heavy (non-hydrogen) atoms. The molecule has 1 atom stereocenters. The van der Waals surface area contributed by atoms with E-state index in [1.54, 1.807) is 0 Å². The van der Waals surface area contributed by atoms with Crippen molar-refractivity contribution in [1.82, 2.24) is 5.32 Å². The Morgan fingerprint density at radius 3 is 2.48 bits per heavy atom. The molecular formula is C17H19BrN2O. The molecule has 4 heteroatoms. The van der Waals surface area contributed by atoms with E-state index in [-0.39, 0.29) is 11.9 Å². The van der Waals surface area contributed by atoms with Gasteiger partial charge in [-0.25, -0.2) is 0 Å². The van der Waals surface area contributed by atoms with Crippen molar-refractivity contribution in [3.05, 3.63) is 64.1 Å². The molecule has 2 N–H and O–H groups in total. The lowest BCUT2D eigenvalue weighted by atomic mass is 10.1. The highest BCUT2D eigenvalue weighted by Gasteiger charge is 2.13. The summed E-state index contributed by atoms with van der Waals surface area (Å²) in [5, 5.41) is 6.08. The van der Waals surface area contributed by atoms with Crippen LogP contribution in [0.15, 0.2) is 53.0 Å². The summed E-state index contributed by atoms with van der Waals surface area (Å²) >= 11 is 3.42. The first-order valence-electron chi connectivity index (χ1n) is 6.92. The zero-order valence-electron chi connectivity index (χ0n) is 12.2. The fourth-order valence-corrected chi connectivity index (χ4v) is 2.49. The van der Waals surface area contributed by atoms with Crippen molar-refractivity contribution in [2.45, 2.75) is 19.4 Å². The molecule has 1 unspecified atom stereocenters. The molecule has 0 fully saturated rings. The Bertz CT molecular complexity index is 610. The van der Waals surface area contributed by atoms with Gasteiger partial charge in [-0.2, -0.15) is 0 Å². The third kappa shape index (κ3) is 4.33. The summed E-state index contributed by atoms with van der Waals surface area (Å²) in [5.74, 6) is -0.0513. The van der Waals surface area contributed by atoms with Crippen LogP contribution in [0, 0.1) is 0 Å². The van der Waals surface area contributed by atoms with E-state index in [9.17, 15) is 4.79 Å². The first-order chi connectivity index (χ1) is 10.1. The average Bonchev–Trinajstić information content (AvgIpc) is 2.49. The lowest BCUT2D eigenvalue weighted by Crippen LogP contribution is -2.34. The highest BCUT2D eigenvalue weighted by molar-refractivity contribution is 9.10. The van der Waals surface area contributed by atoms with Gasteiger partial charge in [-0.1, -0.05) is 40.2 Å². The van der Waals surface area contributed by atoms with Gasteiger partial charge in [0.15, 0.2) is 0 Å². The number of amides is 1. The standard InChI is InChI=1S/C17H19BrN2O/c1-12(11-13-7-9-14(18)10-8-13)20-17(21)15-5-3-4-6-16(15)19-2/h3-10,12,19H,11H2,1-2H3,(H,20,21). The zero-order valence-corrected chi connectivity index (χ0v) is 13.8. The van der Waals surface area contributed by atoms with Gasteiger partial charge < -0.3 is 10.6 Å². The van der Waals surface area contributed by atoms with Gasteiger partial charge in [0.2, 0.25) is 0 Å². The van der Waals surface area contributed by atoms with Crippen LogP contribution < -0.4 is 10.6 Å². The number of anilines is 1. The number of carbonyl (C=O) groups is 1. The second-order valence-electron chi connectivity index (χ2n) is 5.00. The Balaban J connectivity index is 2.00. The van der Waals surface area contributed by atoms with Crippen molar-refractivity contribution >= 4 is 27.5 Å². The number of hydrogen-bond acceptors (Lipinski definition) is 2. The van der Waals surface area contributed by atoms with Crippen LogP contribution in [0.25, 0.3) is 0 Å². The molecule has 0 aliphatic heterocycles. The second kappa shape index (κ2) is 7.27. The first kappa shape index (κ1) is 15.6. The van der Waals surface area contributed by atoms with Crippen LogP contribution in [-0.4, -0.2) is 19.0 Å². The summed E-state index contributed by atoms with van der Waals surface area (Å²) in [6, 6.07) is 15.7. The molecule has 0 aliphatic carbocycles. The van der Waals surface area contributed by atoms with E-state index in [1.165, 1.54) is 5.56 Å². The van der Waals surface area contributed by atoms with Gasteiger partial charge in [0.1, 0.15) is 0 Å². The summed E-state index contributed by atoms with van der Waals surface area (Å²) in [6.45, 7) is 2.02. The Kier molecular flexibility index (Phi) is 5.39. The normalized spacial score (nSPS) is 11.8. The summed E-state index contributed by atoms with van der Waals surface area (Å²) in [6.07, 6.45) is 0.806. The maximum absolute atomic E-state index is 12.3. The van der Waals surface area contributed by atoms with E-state index in [0.717, 1.165) is 16.6 Å². The van der Waals surface area contributed by atoms with E-state index >= 15 is 0 Å². The van der Waals surface area contributed by atoms with Crippen molar-refractivity contribution in [2.24, 2.45) is 0 Å². The molecule has 2 rings (SSSR count). The number of rotatable bonds is 5. The third-order valence-corrected chi connectivity index (χ3v) is 3.80. The molecule has 0 saturated heterocycles. The predicted molar refractivity (Wildman–Crippen MR) is 90.8 cm³/mol. The van der Waals surface area contributed by atoms with Crippen molar-refractivity contribution < 1.29 is 4.79 Å². The van der Waals surface area contributed by atoms with Crippen LogP contribution in [0.4, 0.5) is 5.69 Å². The number of hydrogen-bond donors (Lipinski definition) is 2. The Labute approximate surface area is 133 Å². The molecular weight excluding hydrogens is 328 g/mol. The molecule has 0 radical (unpaired) electrons. The topological polar surface area (TPSA) is 41.1 Å². The van der Waals surface area contributed by atoms with E-state index < -0.39 is 0 Å². The molecule has 0 bridgehead atoms. The highest BCUT2D eigenvalue weighted by atomic mass is 79.9. The van der Waals surface area contributed by atoms with Gasteiger partial charge in [-0.3, -0.25) is 4.79 Å². The maximum Gasteiger partial charge on any atom is 0.253 e. The minimum Gasteiger partial charge on any atom is -0.387 e. The minimum atomic E-state index is -0.0513. The van der Waals surface area contributed by atoms with E-state index in [2.05, 4.69) is 38.7 Å². The molecule has 0 heterocycles. The number of halogens is 1. The number of carbonyl (C=O) groups excluding carboxylic acids is 1. The summed E-state index contributed by atoms with van der Waals surface area (Å²) in [5.41, 5.74) is 2.71. The predicted octanol–water partition coefficient (Wildman–Crippen LogP) is 3.85. The van der Waals surface area contributed by atoms with Crippen LogP contribution in [0.2, 0.25) is 0 Å². The number of nitrogens with one attached hydrogen (secondary N) is 2. The van der Waals surface area contributed by atoms with Gasteiger partial charge in [0.05, 0.1) is 5.56 Å². The van der Waals surface area contributed by atoms with Crippen LogP contribution in [0.5, 0.6) is 0 Å². The van der Waals surface area contributed by atoms with Gasteiger partial charge in [-0.05, 0) is 43.2 Å². The Morgan fingerprint density at radius 2 is 1.81 bits per heavy atom. The minimum absolute atomic E-state index is 0.0513. The molecule has 0 aromatic heterocycles. The van der Waals surface area contributed by atoms with Crippen molar-refractivity contribution in [3.8, 4) is 0 Å². The molecule has 0 spiro atoms. The lowest BCUT2D eigenvalue weighted by molar-refractivity contribution is 0.0941. The van der Waals surface area contributed by atoms with Crippen LogP contribution >= 0.6 is 15.9 Å². The molecule has 1 amide bonds. The van der Waals surface area contributed by atoms with Crippen molar-refractivity contribution in [3.63, 3.8) is 0 Å². The van der Waals surface area contributed by atoms with E-state index in [1.807, 2.05) is 50.4 Å². The van der Waals surface area contributed by atoms with Crippen molar-refractivity contribution in [1.29, 1.82) is 0 Å². The lowest BCUT2D eigenvalue weighted by Gasteiger charge is -2.15. The SMILES string of the molecule is CNc1ccccc1C(=O)NC(C)Cc1ccc(Br)cc1. The maximum atomic E-state index is 12.3. The molecule has 0 aliphatic rings. The number of para-hydroxylation sites is 1.